The monoisotopic (exact) mass is 756 g/mol. The Kier molecular flexibility index (Phi) is 16.7. The van der Waals surface area contributed by atoms with Crippen LogP contribution >= 0.6 is 0 Å². The lowest BCUT2D eigenvalue weighted by Gasteiger charge is -2.28. The first-order valence-corrected chi connectivity index (χ1v) is 16.1. The number of benzene rings is 2. The number of carbonyl (C=O) groups excluding carboxylic acids is 6. The van der Waals surface area contributed by atoms with Crippen molar-refractivity contribution >= 4 is 59.3 Å². The number of unbranched alkanes of at least 4 members (excludes halogenated alkanes) is 1. The summed E-state index contributed by atoms with van der Waals surface area (Å²) in [5.74, 6) is -12.2. The SMILES string of the molecule is Cc1cccc(C(=O)NCCCCC(NC(=O)CN(CC(=O)O)C(=O)CN(CC(=O)O)C(=O)CN(CC(=O)O)C(=O)c2cccc(C(N)=O)c2)C(=O)O)c1. The van der Waals surface area contributed by atoms with E-state index in [0.29, 0.717) is 26.7 Å². The zero-order valence-corrected chi connectivity index (χ0v) is 29.1. The van der Waals surface area contributed by atoms with Crippen LogP contribution in [0.5, 0.6) is 0 Å². The van der Waals surface area contributed by atoms with E-state index in [1.807, 2.05) is 13.0 Å². The van der Waals surface area contributed by atoms with Gasteiger partial charge < -0.3 is 51.5 Å². The molecule has 1 unspecified atom stereocenters. The molecular formula is C34H40N6O14. The van der Waals surface area contributed by atoms with Crippen molar-refractivity contribution in [2.24, 2.45) is 5.73 Å². The van der Waals surface area contributed by atoms with E-state index in [1.54, 1.807) is 18.2 Å². The molecule has 8 N–H and O–H groups in total. The van der Waals surface area contributed by atoms with E-state index < -0.39 is 98.7 Å². The van der Waals surface area contributed by atoms with Gasteiger partial charge in [0.2, 0.25) is 23.6 Å². The third-order valence-corrected chi connectivity index (χ3v) is 7.47. The average molecular weight is 757 g/mol. The molecule has 20 heteroatoms. The van der Waals surface area contributed by atoms with E-state index in [4.69, 9.17) is 5.73 Å². The molecule has 0 fully saturated rings. The summed E-state index contributed by atoms with van der Waals surface area (Å²) in [6, 6.07) is 10.2. The fourth-order valence-corrected chi connectivity index (χ4v) is 4.90. The van der Waals surface area contributed by atoms with E-state index in [1.165, 1.54) is 18.2 Å². The first-order chi connectivity index (χ1) is 25.4. The first kappa shape index (κ1) is 43.3. The van der Waals surface area contributed by atoms with Crippen LogP contribution in [0.3, 0.4) is 0 Å². The Morgan fingerprint density at radius 2 is 1.17 bits per heavy atom. The fourth-order valence-electron chi connectivity index (χ4n) is 4.90. The molecule has 0 bridgehead atoms. The van der Waals surface area contributed by atoms with Crippen LogP contribution < -0.4 is 16.4 Å². The normalized spacial score (nSPS) is 11.0. The molecule has 0 aromatic heterocycles. The lowest BCUT2D eigenvalue weighted by molar-refractivity contribution is -0.151. The highest BCUT2D eigenvalue weighted by atomic mass is 16.4. The van der Waals surface area contributed by atoms with E-state index in [0.717, 1.165) is 11.6 Å². The van der Waals surface area contributed by atoms with Crippen LogP contribution in [0.15, 0.2) is 48.5 Å². The molecule has 0 heterocycles. The molecule has 0 aliphatic heterocycles. The van der Waals surface area contributed by atoms with Gasteiger partial charge in [0.15, 0.2) is 0 Å². The molecule has 2 rings (SSSR count). The van der Waals surface area contributed by atoms with E-state index in [-0.39, 0.29) is 36.4 Å². The van der Waals surface area contributed by atoms with E-state index >= 15 is 0 Å². The van der Waals surface area contributed by atoms with Crippen LogP contribution in [-0.2, 0) is 33.6 Å². The Balaban J connectivity index is 2.10. The predicted octanol–water partition coefficient (Wildman–Crippen LogP) is -1.38. The van der Waals surface area contributed by atoms with Gasteiger partial charge in [-0.15, -0.1) is 0 Å². The van der Waals surface area contributed by atoms with Gasteiger partial charge in [-0.2, -0.15) is 0 Å². The zero-order valence-electron chi connectivity index (χ0n) is 29.1. The number of aliphatic carboxylic acids is 4. The maximum absolute atomic E-state index is 13.2. The molecule has 1 atom stereocenters. The highest BCUT2D eigenvalue weighted by Crippen LogP contribution is 2.10. The van der Waals surface area contributed by atoms with Crippen LogP contribution in [0.4, 0.5) is 0 Å². The molecule has 290 valence electrons. The quantitative estimate of drug-likeness (QED) is 0.0681. The molecule has 2 aromatic carbocycles. The number of nitrogens with two attached hydrogens (primary N) is 1. The lowest BCUT2D eigenvalue weighted by atomic mass is 10.1. The van der Waals surface area contributed by atoms with Crippen molar-refractivity contribution in [2.75, 3.05) is 45.8 Å². The molecule has 2 aromatic rings. The van der Waals surface area contributed by atoms with Crippen LogP contribution in [0.2, 0.25) is 0 Å². The van der Waals surface area contributed by atoms with Gasteiger partial charge in [0, 0.05) is 23.2 Å². The molecule has 0 aliphatic rings. The second-order valence-electron chi connectivity index (χ2n) is 11.9. The van der Waals surface area contributed by atoms with E-state index in [2.05, 4.69) is 10.6 Å². The van der Waals surface area contributed by atoms with Crippen molar-refractivity contribution in [3.05, 3.63) is 70.8 Å². The standard InChI is InChI=1S/C34H40N6O14/c1-20-6-4-8-22(12-20)32(51)36-11-3-2-10-24(34(53)54)37-25(41)14-38(17-28(44)45)26(42)15-39(18-29(46)47)27(43)16-40(19-30(48)49)33(52)23-9-5-7-21(13-23)31(35)50/h4-9,12-13,24H,2-3,10-11,14-19H2,1H3,(H2,35,50)(H,36,51)(H,37,41)(H,44,45)(H,46,47)(H,48,49)(H,53,54). The Hall–Kier alpha value is -6.86. The van der Waals surface area contributed by atoms with Crippen molar-refractivity contribution in [1.29, 1.82) is 0 Å². The second kappa shape index (κ2) is 20.9. The van der Waals surface area contributed by atoms with Crippen molar-refractivity contribution in [3.63, 3.8) is 0 Å². The minimum absolute atomic E-state index is 0.104. The third kappa shape index (κ3) is 14.8. The topological polar surface area (TPSA) is 311 Å². The predicted molar refractivity (Wildman–Crippen MR) is 184 cm³/mol. The van der Waals surface area contributed by atoms with Crippen molar-refractivity contribution in [3.8, 4) is 0 Å². The van der Waals surface area contributed by atoms with Gasteiger partial charge in [0.05, 0.1) is 0 Å². The fraction of sp³-hybridized carbons (Fsp3) is 0.353. The Morgan fingerprint density at radius 3 is 1.72 bits per heavy atom. The molecule has 0 aliphatic carbocycles. The number of hydrogen-bond acceptors (Lipinski definition) is 10. The number of primary amides is 1. The molecule has 20 nitrogen and oxygen atoms in total. The van der Waals surface area contributed by atoms with Crippen molar-refractivity contribution in [1.82, 2.24) is 25.3 Å². The number of hydrogen-bond donors (Lipinski definition) is 7. The van der Waals surface area contributed by atoms with E-state index in [9.17, 15) is 68.4 Å². The maximum Gasteiger partial charge on any atom is 0.326 e. The van der Waals surface area contributed by atoms with Gasteiger partial charge in [-0.1, -0.05) is 23.8 Å². The number of aryl methyl sites for hydroxylation is 1. The number of carboxylic acid groups (broad SMARTS) is 4. The van der Waals surface area contributed by atoms with Gasteiger partial charge in [-0.25, -0.2) is 4.79 Å². The van der Waals surface area contributed by atoms with Gasteiger partial charge in [-0.3, -0.25) is 43.2 Å². The molecule has 6 amide bonds. The van der Waals surface area contributed by atoms with Crippen LogP contribution in [0.25, 0.3) is 0 Å². The Labute approximate surface area is 307 Å². The summed E-state index contributed by atoms with van der Waals surface area (Å²) >= 11 is 0. The summed E-state index contributed by atoms with van der Waals surface area (Å²) in [6.45, 7) is -4.59. The number of nitrogens with zero attached hydrogens (tertiary/aromatic N) is 3. The zero-order chi connectivity index (χ0) is 40.5. The molecular weight excluding hydrogens is 716 g/mol. The van der Waals surface area contributed by atoms with Crippen molar-refractivity contribution in [2.45, 2.75) is 32.2 Å². The largest absolute Gasteiger partial charge is 0.480 e. The Bertz CT molecular complexity index is 1780. The van der Waals surface area contributed by atoms with Gasteiger partial charge in [0.1, 0.15) is 45.3 Å². The van der Waals surface area contributed by atoms with Crippen LogP contribution in [0.1, 0.15) is 55.9 Å². The maximum atomic E-state index is 13.2. The number of rotatable bonds is 22. The summed E-state index contributed by atoms with van der Waals surface area (Å²) in [6.07, 6.45) is 0.463. The molecule has 0 spiro atoms. The second-order valence-corrected chi connectivity index (χ2v) is 11.9. The summed E-state index contributed by atoms with van der Waals surface area (Å²) in [5.41, 5.74) is 6.19. The van der Waals surface area contributed by atoms with Crippen LogP contribution in [0, 0.1) is 6.92 Å². The smallest absolute Gasteiger partial charge is 0.326 e. The molecule has 0 saturated heterocycles. The van der Waals surface area contributed by atoms with Gasteiger partial charge in [-0.05, 0) is 56.5 Å². The lowest BCUT2D eigenvalue weighted by Crippen LogP contribution is -2.52. The van der Waals surface area contributed by atoms with Crippen molar-refractivity contribution < 1.29 is 68.4 Å². The average Bonchev–Trinajstić information content (AvgIpc) is 3.08. The molecule has 54 heavy (non-hydrogen) atoms. The number of carbonyl (C=O) groups is 10. The molecule has 0 radical (unpaired) electrons. The van der Waals surface area contributed by atoms with Gasteiger partial charge >= 0.3 is 23.9 Å². The Morgan fingerprint density at radius 1 is 0.648 bits per heavy atom. The minimum atomic E-state index is -1.65. The van der Waals surface area contributed by atoms with Gasteiger partial charge in [0.25, 0.3) is 11.8 Å². The number of nitrogens with one attached hydrogen (secondary N) is 2. The number of carboxylic acids is 4. The third-order valence-electron chi connectivity index (χ3n) is 7.47. The van der Waals surface area contributed by atoms with Crippen LogP contribution in [-0.4, -0.2) is 146 Å². The summed E-state index contributed by atoms with van der Waals surface area (Å²) < 4.78 is 0. The number of amides is 6. The highest BCUT2D eigenvalue weighted by Gasteiger charge is 2.30. The summed E-state index contributed by atoms with van der Waals surface area (Å²) in [7, 11) is 0. The summed E-state index contributed by atoms with van der Waals surface area (Å²) in [4.78, 5) is 124. The summed E-state index contributed by atoms with van der Waals surface area (Å²) in [5, 5.41) is 42.6. The minimum Gasteiger partial charge on any atom is -0.480 e. The first-order valence-electron chi connectivity index (χ1n) is 16.1. The highest BCUT2D eigenvalue weighted by molar-refractivity contribution is 6.01. The molecule has 0 saturated carbocycles.